The summed E-state index contributed by atoms with van der Waals surface area (Å²) in [6.07, 6.45) is 6.46. The molecular weight excluding hydrogens is 691 g/mol. The van der Waals surface area contributed by atoms with Crippen molar-refractivity contribution in [2.45, 2.75) is 16.4 Å². The van der Waals surface area contributed by atoms with Crippen molar-refractivity contribution in [3.05, 3.63) is 100 Å². The van der Waals surface area contributed by atoms with Crippen molar-refractivity contribution < 1.29 is 154 Å². The zero-order valence-corrected chi connectivity index (χ0v) is 31.2. The Kier molecular flexibility index (Phi) is 14.4. The van der Waals surface area contributed by atoms with E-state index in [2.05, 4.69) is 15.1 Å². The number of nitrogens with zero attached hydrogens (tertiary/aromatic N) is 3. The van der Waals surface area contributed by atoms with Gasteiger partial charge in [0.25, 0.3) is 11.5 Å². The summed E-state index contributed by atoms with van der Waals surface area (Å²) in [7, 11) is -9.44. The molecule has 4 rings (SSSR count). The number of hydrogen-bond acceptors (Lipinski definition) is 12. The van der Waals surface area contributed by atoms with Gasteiger partial charge in [-0.2, -0.15) is 10.1 Å². The third kappa shape index (κ3) is 9.44. The first-order chi connectivity index (χ1) is 20.2. The number of aromatic nitrogens is 2. The third-order valence-electron chi connectivity index (χ3n) is 5.80. The number of benzene rings is 2. The quantitative estimate of drug-likeness (QED) is 0.0447. The van der Waals surface area contributed by atoms with E-state index in [1.54, 1.807) is 0 Å². The molecule has 45 heavy (non-hydrogen) atoms. The molecule has 0 saturated carbocycles. The Hall–Kier alpha value is -1.71. The molecule has 224 valence electrons. The van der Waals surface area contributed by atoms with Gasteiger partial charge in [-0.3, -0.25) is 19.9 Å². The minimum absolute atomic E-state index is 0. The van der Waals surface area contributed by atoms with Crippen molar-refractivity contribution in [3.8, 4) is 5.69 Å². The molecule has 1 aliphatic heterocycles. The first kappa shape index (κ1) is 39.5. The number of carbonyl (C=O) groups is 2. The Balaban J connectivity index is 0.00000353. The normalized spacial score (nSPS) is 14.6. The number of hydrazone groups is 1. The number of carboxylic acid groups (broad SMARTS) is 1. The molecule has 1 amide bonds. The monoisotopic (exact) mass is 708 g/mol. The van der Waals surface area contributed by atoms with Gasteiger partial charge in [0.05, 0.1) is 38.0 Å². The van der Waals surface area contributed by atoms with Gasteiger partial charge in [0.2, 0.25) is 0 Å². The van der Waals surface area contributed by atoms with Gasteiger partial charge in [0.15, 0.2) is 5.71 Å². The summed E-state index contributed by atoms with van der Waals surface area (Å²) in [5.74, 6) is -2.37. The number of carbonyl (C=O) groups excluding carboxylic acids is 1. The maximum absolute atomic E-state index is 13.0. The van der Waals surface area contributed by atoms with Gasteiger partial charge in [-0.25, -0.2) is 31.2 Å². The molecule has 0 radical (unpaired) electrons. The zero-order chi connectivity index (χ0) is 31.5. The van der Waals surface area contributed by atoms with Crippen molar-refractivity contribution in [2.24, 2.45) is 5.10 Å². The fourth-order valence-electron chi connectivity index (χ4n) is 3.81. The second-order valence-corrected chi connectivity index (χ2v) is 11.3. The molecule has 3 N–H and O–H groups in total. The summed E-state index contributed by atoms with van der Waals surface area (Å²) in [6, 6.07) is 8.60. The SMILES string of the molecule is O=C(O)C1=NN(c2ccc(S(=O)(=O)[O-])cc2)C(=O)/C1=C/C=C/C=C/c1c(COO)[nH]n(-c2ccc(S(=O)(=O)[O-])cc2)c1=O.[K+].[K+]. The molecule has 20 heteroatoms. The number of aliphatic carboxylic acids is 1. The number of hydrogen-bond donors (Lipinski definition) is 3. The van der Waals surface area contributed by atoms with Crippen LogP contribution in [0.1, 0.15) is 11.3 Å². The minimum Gasteiger partial charge on any atom is -0.744 e. The largest absolute Gasteiger partial charge is 1.00 e. The number of amides is 1. The van der Waals surface area contributed by atoms with Crippen LogP contribution in [-0.4, -0.2) is 63.7 Å². The Morgan fingerprint density at radius 2 is 1.42 bits per heavy atom. The van der Waals surface area contributed by atoms with Crippen LogP contribution >= 0.6 is 0 Å². The van der Waals surface area contributed by atoms with Crippen LogP contribution in [-0.2, 0) is 41.3 Å². The van der Waals surface area contributed by atoms with Crippen LogP contribution in [0.15, 0.2) is 98.1 Å². The second kappa shape index (κ2) is 16.4. The number of anilines is 1. The van der Waals surface area contributed by atoms with Crippen LogP contribution < -0.4 is 113 Å². The van der Waals surface area contributed by atoms with Crippen molar-refractivity contribution in [2.75, 3.05) is 5.01 Å². The summed E-state index contributed by atoms with van der Waals surface area (Å²) in [6.45, 7) is -0.437. The van der Waals surface area contributed by atoms with Crippen LogP contribution in [0.25, 0.3) is 11.8 Å². The second-order valence-electron chi connectivity index (χ2n) is 8.51. The van der Waals surface area contributed by atoms with Gasteiger partial charge in [-0.1, -0.05) is 18.2 Å². The Morgan fingerprint density at radius 3 is 1.91 bits per heavy atom. The maximum atomic E-state index is 13.0. The molecular formula is C25H18K2N4O12S2. The summed E-state index contributed by atoms with van der Waals surface area (Å²) in [5, 5.41) is 25.6. The van der Waals surface area contributed by atoms with Crippen LogP contribution in [0.3, 0.4) is 0 Å². The van der Waals surface area contributed by atoms with E-state index in [1.165, 1.54) is 36.4 Å². The molecule has 1 aliphatic rings. The van der Waals surface area contributed by atoms with Gasteiger partial charge >= 0.3 is 109 Å². The predicted molar refractivity (Wildman–Crippen MR) is 145 cm³/mol. The number of nitrogens with one attached hydrogen (secondary N) is 1. The fraction of sp³-hybridized carbons (Fsp3) is 0.0400. The summed E-state index contributed by atoms with van der Waals surface area (Å²) < 4.78 is 67.9. The molecule has 3 aromatic rings. The number of allylic oxidation sites excluding steroid dienone is 4. The van der Waals surface area contributed by atoms with E-state index in [9.17, 15) is 45.4 Å². The molecule has 16 nitrogen and oxygen atoms in total. The Morgan fingerprint density at radius 1 is 0.889 bits per heavy atom. The first-order valence-corrected chi connectivity index (χ1v) is 14.5. The summed E-state index contributed by atoms with van der Waals surface area (Å²) in [4.78, 5) is 40.6. The van der Waals surface area contributed by atoms with Gasteiger partial charge in [-0.15, -0.1) is 0 Å². The number of rotatable bonds is 10. The molecule has 0 fully saturated rings. The molecule has 0 bridgehead atoms. The van der Waals surface area contributed by atoms with Crippen LogP contribution in [0.2, 0.25) is 0 Å². The van der Waals surface area contributed by atoms with Gasteiger partial charge in [0.1, 0.15) is 26.8 Å². The summed E-state index contributed by atoms with van der Waals surface area (Å²) in [5.41, 5.74) is -1.24. The van der Waals surface area contributed by atoms with E-state index in [-0.39, 0.29) is 131 Å². The van der Waals surface area contributed by atoms with Crippen molar-refractivity contribution >= 4 is 49.6 Å². The van der Waals surface area contributed by atoms with Crippen molar-refractivity contribution in [1.82, 2.24) is 9.78 Å². The zero-order valence-electron chi connectivity index (χ0n) is 23.3. The molecule has 0 aliphatic carbocycles. The van der Waals surface area contributed by atoms with Crippen LogP contribution in [0.5, 0.6) is 0 Å². The molecule has 0 unspecified atom stereocenters. The van der Waals surface area contributed by atoms with Crippen LogP contribution in [0.4, 0.5) is 5.69 Å². The Labute approximate surface area is 340 Å². The van der Waals surface area contributed by atoms with Gasteiger partial charge in [-0.05, 0) is 60.7 Å². The molecule has 0 atom stereocenters. The Bertz CT molecular complexity index is 2000. The van der Waals surface area contributed by atoms with E-state index < -0.39 is 59.8 Å². The average molecular weight is 709 g/mol. The number of aromatic amines is 1. The average Bonchev–Trinajstić information content (AvgIpc) is 3.44. The third-order valence-corrected chi connectivity index (χ3v) is 7.50. The van der Waals surface area contributed by atoms with E-state index >= 15 is 0 Å². The van der Waals surface area contributed by atoms with Gasteiger partial charge < -0.3 is 14.2 Å². The van der Waals surface area contributed by atoms with E-state index in [1.807, 2.05) is 0 Å². The van der Waals surface area contributed by atoms with E-state index in [0.29, 0.717) is 0 Å². The molecule has 1 aromatic heterocycles. The van der Waals surface area contributed by atoms with Crippen molar-refractivity contribution in [1.29, 1.82) is 0 Å². The van der Waals surface area contributed by atoms with Crippen molar-refractivity contribution in [3.63, 3.8) is 0 Å². The smallest absolute Gasteiger partial charge is 0.744 e. The fourth-order valence-corrected chi connectivity index (χ4v) is 4.74. The summed E-state index contributed by atoms with van der Waals surface area (Å²) >= 11 is 0. The predicted octanol–water partition coefficient (Wildman–Crippen LogP) is -5.05. The molecule has 2 heterocycles. The number of carboxylic acids is 1. The maximum Gasteiger partial charge on any atom is 1.00 e. The topological polar surface area (TPSA) is 252 Å². The van der Waals surface area contributed by atoms with E-state index in [0.717, 1.165) is 52.2 Å². The van der Waals surface area contributed by atoms with Gasteiger partial charge in [0, 0.05) is 0 Å². The standard InChI is InChI=1S/C25H20N4O12S2.2K/c30-23-19(21(14-41-34)26-28(23)15-6-10-17(11-7-15)42(35,36)37)4-2-1-3-5-20-22(25(32)33)27-29(24(20)31)16-8-12-18(13-9-16)43(38,39)40;;/h1-13,26,34H,14H2,(H,32,33)(H,35,36,37)(H,38,39,40);;/q;2*+1/p-2/b3-1+,4-2+,20-5+;;. The van der Waals surface area contributed by atoms with Crippen LogP contribution in [0, 0.1) is 0 Å². The first-order valence-electron chi connectivity index (χ1n) is 11.7. The number of H-pyrrole nitrogens is 1. The minimum atomic E-state index is -4.74. The molecule has 2 aromatic carbocycles. The molecule has 0 spiro atoms. The van der Waals surface area contributed by atoms with E-state index in [4.69, 9.17) is 5.26 Å². The molecule has 0 saturated heterocycles.